The first-order valence-electron chi connectivity index (χ1n) is 8.24. The third-order valence-electron chi connectivity index (χ3n) is 4.80. The lowest BCUT2D eigenvalue weighted by atomic mass is 9.82. The lowest BCUT2D eigenvalue weighted by molar-refractivity contribution is -0.142. The number of carboxylic acids is 1. The zero-order valence-corrected chi connectivity index (χ0v) is 15.9. The molecule has 8 heteroatoms. The fourth-order valence-electron chi connectivity index (χ4n) is 3.37. The molecule has 0 radical (unpaired) electrons. The number of halogens is 3. The largest absolute Gasteiger partial charge is 0.503 e. The quantitative estimate of drug-likeness (QED) is 0.663. The number of aliphatic carboxylic acids is 1. The Balaban J connectivity index is 2.47. The molecule has 2 N–H and O–H groups in total. The summed E-state index contributed by atoms with van der Waals surface area (Å²) in [5.74, 6) is -5.72. The molecule has 0 unspecified atom stereocenters. The summed E-state index contributed by atoms with van der Waals surface area (Å²) in [5, 5.41) is 19.3. The van der Waals surface area contributed by atoms with Gasteiger partial charge in [-0.1, -0.05) is 17.7 Å². The molecule has 0 saturated heterocycles. The molecule has 0 bridgehead atoms. The summed E-state index contributed by atoms with van der Waals surface area (Å²) in [5.41, 5.74) is -1.55. The number of fused-ring (bicyclic) bond motifs is 1. The highest BCUT2D eigenvalue weighted by atomic mass is 35.5. The number of carboxylic acid groups (broad SMARTS) is 1. The molecule has 0 atom stereocenters. The van der Waals surface area contributed by atoms with E-state index in [0.29, 0.717) is 5.02 Å². The molecular formula is C20H16ClF2NO4. The second-order valence-corrected chi connectivity index (χ2v) is 7.39. The lowest BCUT2D eigenvalue weighted by Gasteiger charge is -2.20. The van der Waals surface area contributed by atoms with Gasteiger partial charge in [0.1, 0.15) is 0 Å². The number of phenolic OH excluding ortho intramolecular Hbond substituents is 1. The molecule has 2 aromatic carbocycles. The van der Waals surface area contributed by atoms with Gasteiger partial charge in [0, 0.05) is 33.3 Å². The van der Waals surface area contributed by atoms with Crippen molar-refractivity contribution in [2.24, 2.45) is 0 Å². The second kappa shape index (κ2) is 6.60. The summed E-state index contributed by atoms with van der Waals surface area (Å²) in [7, 11) is 0. The highest BCUT2D eigenvalue weighted by molar-refractivity contribution is 6.31. The lowest BCUT2D eigenvalue weighted by Crippen LogP contribution is -2.29. The minimum absolute atomic E-state index is 0.0295. The van der Waals surface area contributed by atoms with Crippen LogP contribution in [0.25, 0.3) is 10.9 Å². The van der Waals surface area contributed by atoms with Crippen LogP contribution in [0.4, 0.5) is 8.78 Å². The van der Waals surface area contributed by atoms with E-state index in [-0.39, 0.29) is 27.7 Å². The van der Waals surface area contributed by atoms with Gasteiger partial charge in [-0.3, -0.25) is 14.2 Å². The highest BCUT2D eigenvalue weighted by Gasteiger charge is 2.38. The van der Waals surface area contributed by atoms with Gasteiger partial charge in [0.2, 0.25) is 0 Å². The Morgan fingerprint density at radius 2 is 1.82 bits per heavy atom. The number of benzene rings is 2. The van der Waals surface area contributed by atoms with Crippen molar-refractivity contribution in [3.05, 3.63) is 63.8 Å². The van der Waals surface area contributed by atoms with Gasteiger partial charge in [-0.15, -0.1) is 0 Å². The Morgan fingerprint density at radius 1 is 1.18 bits per heavy atom. The molecule has 0 aliphatic heterocycles. The fourth-order valence-corrected chi connectivity index (χ4v) is 3.56. The minimum Gasteiger partial charge on any atom is -0.503 e. The summed E-state index contributed by atoms with van der Waals surface area (Å²) in [4.78, 5) is 24.9. The van der Waals surface area contributed by atoms with Crippen LogP contribution in [0.3, 0.4) is 0 Å². The number of aromatic nitrogens is 1. The Labute approximate surface area is 163 Å². The Kier molecular flexibility index (Phi) is 4.67. The SMILES string of the molecule is Cc1c(C(C)(C)C(=O)O)c2c(F)c(O)c(F)cc2n1C(=O)c1cccc(Cl)c1. The fraction of sp³-hybridized carbons (Fsp3) is 0.200. The van der Waals surface area contributed by atoms with Crippen LogP contribution < -0.4 is 0 Å². The summed E-state index contributed by atoms with van der Waals surface area (Å²) in [6, 6.07) is 6.80. The first-order valence-corrected chi connectivity index (χ1v) is 8.62. The molecule has 0 fully saturated rings. The maximum Gasteiger partial charge on any atom is 0.313 e. The van der Waals surface area contributed by atoms with E-state index >= 15 is 0 Å². The molecule has 0 saturated carbocycles. The van der Waals surface area contributed by atoms with Gasteiger partial charge in [0.25, 0.3) is 5.91 Å². The molecule has 1 aromatic heterocycles. The van der Waals surface area contributed by atoms with Crippen molar-refractivity contribution < 1.29 is 28.6 Å². The van der Waals surface area contributed by atoms with Crippen molar-refractivity contribution in [1.29, 1.82) is 0 Å². The van der Waals surface area contributed by atoms with Gasteiger partial charge < -0.3 is 10.2 Å². The summed E-state index contributed by atoms with van der Waals surface area (Å²) >= 11 is 5.93. The molecule has 0 spiro atoms. The number of nitrogens with zero attached hydrogens (tertiary/aromatic N) is 1. The molecule has 5 nitrogen and oxygen atoms in total. The number of carbonyl (C=O) groups is 2. The van der Waals surface area contributed by atoms with Gasteiger partial charge in [-0.05, 0) is 39.0 Å². The zero-order valence-electron chi connectivity index (χ0n) is 15.2. The smallest absolute Gasteiger partial charge is 0.313 e. The molecule has 0 amide bonds. The number of aromatic hydroxyl groups is 1. The predicted octanol–water partition coefficient (Wildman–Crippen LogP) is 4.64. The molecule has 0 aliphatic carbocycles. The van der Waals surface area contributed by atoms with E-state index < -0.39 is 34.7 Å². The Hall–Kier alpha value is -2.93. The molecule has 146 valence electrons. The summed E-state index contributed by atoms with van der Waals surface area (Å²) in [6.07, 6.45) is 0. The van der Waals surface area contributed by atoms with Gasteiger partial charge in [0.05, 0.1) is 10.9 Å². The van der Waals surface area contributed by atoms with Crippen molar-refractivity contribution in [2.45, 2.75) is 26.2 Å². The average molecular weight is 408 g/mol. The summed E-state index contributed by atoms with van der Waals surface area (Å²) < 4.78 is 29.9. The van der Waals surface area contributed by atoms with E-state index in [4.69, 9.17) is 11.6 Å². The number of rotatable bonds is 3. The Bertz CT molecular complexity index is 1150. The monoisotopic (exact) mass is 407 g/mol. The first-order chi connectivity index (χ1) is 13.0. The molecule has 3 rings (SSSR count). The van der Waals surface area contributed by atoms with E-state index in [2.05, 4.69) is 0 Å². The first kappa shape index (κ1) is 19.8. The highest BCUT2D eigenvalue weighted by Crippen LogP contribution is 2.41. The van der Waals surface area contributed by atoms with Gasteiger partial charge in [-0.2, -0.15) is 0 Å². The standard InChI is InChI=1S/C20H16ClF2NO4/c1-9-15(20(2,3)19(27)28)14-13(8-12(22)17(25)16(14)23)24(9)18(26)10-5-4-6-11(21)7-10/h4-8,25H,1-3H3,(H,27,28). The van der Waals surface area contributed by atoms with Crippen LogP contribution >= 0.6 is 11.6 Å². The molecular weight excluding hydrogens is 392 g/mol. The molecule has 1 heterocycles. The second-order valence-electron chi connectivity index (χ2n) is 6.96. The zero-order chi connectivity index (χ0) is 21.0. The van der Waals surface area contributed by atoms with E-state index in [1.165, 1.54) is 32.9 Å². The maximum absolute atomic E-state index is 14.8. The summed E-state index contributed by atoms with van der Waals surface area (Å²) in [6.45, 7) is 4.12. The number of phenols is 1. The topological polar surface area (TPSA) is 79.5 Å². The molecule has 3 aromatic rings. The van der Waals surface area contributed by atoms with Crippen molar-refractivity contribution >= 4 is 34.4 Å². The predicted molar refractivity (Wildman–Crippen MR) is 100 cm³/mol. The van der Waals surface area contributed by atoms with E-state index in [0.717, 1.165) is 10.6 Å². The molecule has 0 aliphatic rings. The number of hydrogen-bond donors (Lipinski definition) is 2. The van der Waals surface area contributed by atoms with Crippen LogP contribution in [0.15, 0.2) is 30.3 Å². The number of carbonyl (C=O) groups excluding carboxylic acids is 1. The van der Waals surface area contributed by atoms with E-state index in [1.54, 1.807) is 12.1 Å². The number of hydrogen-bond acceptors (Lipinski definition) is 3. The van der Waals surface area contributed by atoms with Crippen LogP contribution in [0.5, 0.6) is 5.75 Å². The minimum atomic E-state index is -1.62. The molecule has 28 heavy (non-hydrogen) atoms. The van der Waals surface area contributed by atoms with Crippen LogP contribution in [0, 0.1) is 18.6 Å². The third kappa shape index (κ3) is 2.82. The average Bonchev–Trinajstić information content (AvgIpc) is 2.91. The normalized spacial score (nSPS) is 11.8. The van der Waals surface area contributed by atoms with Gasteiger partial charge in [-0.25, -0.2) is 8.78 Å². The van der Waals surface area contributed by atoms with Crippen LogP contribution in [-0.4, -0.2) is 26.7 Å². The Morgan fingerprint density at radius 3 is 2.39 bits per heavy atom. The van der Waals surface area contributed by atoms with Crippen molar-refractivity contribution in [3.63, 3.8) is 0 Å². The van der Waals surface area contributed by atoms with Crippen molar-refractivity contribution in [2.75, 3.05) is 0 Å². The van der Waals surface area contributed by atoms with Gasteiger partial charge >= 0.3 is 5.97 Å². The van der Waals surface area contributed by atoms with Crippen molar-refractivity contribution in [1.82, 2.24) is 4.57 Å². The van der Waals surface area contributed by atoms with Crippen LogP contribution in [0.2, 0.25) is 5.02 Å². The van der Waals surface area contributed by atoms with Crippen LogP contribution in [0.1, 0.15) is 35.5 Å². The maximum atomic E-state index is 14.8. The van der Waals surface area contributed by atoms with E-state index in [9.17, 15) is 28.6 Å². The van der Waals surface area contributed by atoms with Crippen LogP contribution in [-0.2, 0) is 10.2 Å². The van der Waals surface area contributed by atoms with Gasteiger partial charge in [0.15, 0.2) is 17.4 Å². The van der Waals surface area contributed by atoms with E-state index in [1.807, 2.05) is 0 Å². The third-order valence-corrected chi connectivity index (χ3v) is 5.03. The van der Waals surface area contributed by atoms with Crippen molar-refractivity contribution in [3.8, 4) is 5.75 Å².